The summed E-state index contributed by atoms with van der Waals surface area (Å²) in [7, 11) is 0. The van der Waals surface area contributed by atoms with Crippen molar-refractivity contribution >= 4 is 28.1 Å². The molecule has 106 valence electrons. The first-order chi connectivity index (χ1) is 9.61. The van der Waals surface area contributed by atoms with E-state index >= 15 is 0 Å². The zero-order valence-electron chi connectivity index (χ0n) is 11.8. The van der Waals surface area contributed by atoms with Crippen LogP contribution in [0.3, 0.4) is 0 Å². The number of nitrogens with zero attached hydrogens (tertiary/aromatic N) is 2. The molecule has 0 spiro atoms. The van der Waals surface area contributed by atoms with Crippen molar-refractivity contribution < 1.29 is 5.11 Å². The Labute approximate surface area is 124 Å². The number of hydrogen-bond acceptors (Lipinski definition) is 3. The third kappa shape index (κ3) is 2.15. The van der Waals surface area contributed by atoms with Crippen molar-refractivity contribution in [1.82, 2.24) is 4.98 Å². The molecule has 3 rings (SSSR count). The van der Waals surface area contributed by atoms with Crippen LogP contribution in [-0.4, -0.2) is 29.3 Å². The first-order valence-corrected chi connectivity index (χ1v) is 7.45. The van der Waals surface area contributed by atoms with Crippen LogP contribution in [0.1, 0.15) is 31.7 Å². The quantitative estimate of drug-likeness (QED) is 0.878. The third-order valence-electron chi connectivity index (χ3n) is 4.16. The number of hydrogen-bond donors (Lipinski definition) is 1. The Morgan fingerprint density at radius 3 is 2.80 bits per heavy atom. The minimum Gasteiger partial charge on any atom is -0.394 e. The first kappa shape index (κ1) is 13.7. The predicted octanol–water partition coefficient (Wildman–Crippen LogP) is 3.58. The van der Waals surface area contributed by atoms with Gasteiger partial charge in [0.25, 0.3) is 0 Å². The zero-order chi connectivity index (χ0) is 14.3. The van der Waals surface area contributed by atoms with E-state index in [4.69, 9.17) is 11.6 Å². The summed E-state index contributed by atoms with van der Waals surface area (Å²) in [5, 5.41) is 12.2. The maximum Gasteiger partial charge on any atom is 0.129 e. The van der Waals surface area contributed by atoms with E-state index < -0.39 is 0 Å². The SMILES string of the molecule is CC(C)c1ccc(N2CC[C@H]2CO)c2cnc(Cl)cc12. The maximum absolute atomic E-state index is 9.40. The standard InChI is InChI=1S/C16H19ClN2O/c1-10(2)12-3-4-15(19-6-5-11(19)9-20)14-8-18-16(17)7-13(12)14/h3-4,7-8,10-11,20H,5-6,9H2,1-2H3/t11-/m0/s1. The van der Waals surface area contributed by atoms with Gasteiger partial charge >= 0.3 is 0 Å². The Morgan fingerprint density at radius 2 is 2.20 bits per heavy atom. The Bertz CT molecular complexity index is 640. The molecule has 1 aliphatic heterocycles. The number of fused-ring (bicyclic) bond motifs is 1. The minimum absolute atomic E-state index is 0.203. The third-order valence-corrected chi connectivity index (χ3v) is 4.37. The lowest BCUT2D eigenvalue weighted by molar-refractivity contribution is 0.227. The average Bonchev–Trinajstić information content (AvgIpc) is 2.37. The van der Waals surface area contributed by atoms with Crippen LogP contribution in [0.2, 0.25) is 5.15 Å². The number of halogens is 1. The van der Waals surface area contributed by atoms with Crippen LogP contribution >= 0.6 is 11.6 Å². The van der Waals surface area contributed by atoms with Crippen LogP contribution in [0.15, 0.2) is 24.4 Å². The molecule has 0 saturated carbocycles. The highest BCUT2D eigenvalue weighted by Gasteiger charge is 2.28. The fourth-order valence-corrected chi connectivity index (χ4v) is 3.08. The predicted molar refractivity (Wildman–Crippen MR) is 83.7 cm³/mol. The lowest BCUT2D eigenvalue weighted by Crippen LogP contribution is -2.50. The summed E-state index contributed by atoms with van der Waals surface area (Å²) < 4.78 is 0. The lowest BCUT2D eigenvalue weighted by Gasteiger charge is -2.42. The second-order valence-corrected chi connectivity index (χ2v) is 6.09. The van der Waals surface area contributed by atoms with Gasteiger partial charge in [-0.1, -0.05) is 31.5 Å². The van der Waals surface area contributed by atoms with Gasteiger partial charge in [-0.15, -0.1) is 0 Å². The van der Waals surface area contributed by atoms with Crippen LogP contribution in [0.4, 0.5) is 5.69 Å². The van der Waals surface area contributed by atoms with Crippen LogP contribution in [-0.2, 0) is 0 Å². The molecule has 1 atom stereocenters. The van der Waals surface area contributed by atoms with Gasteiger partial charge < -0.3 is 10.0 Å². The number of benzene rings is 1. The van der Waals surface area contributed by atoms with Crippen molar-refractivity contribution in [2.45, 2.75) is 32.2 Å². The van der Waals surface area contributed by atoms with Gasteiger partial charge in [-0.2, -0.15) is 0 Å². The van der Waals surface area contributed by atoms with E-state index in [-0.39, 0.29) is 12.6 Å². The Balaban J connectivity index is 2.17. The van der Waals surface area contributed by atoms with Crippen molar-refractivity contribution in [2.24, 2.45) is 0 Å². The molecule has 0 amide bonds. The highest BCUT2D eigenvalue weighted by molar-refractivity contribution is 6.30. The molecular weight excluding hydrogens is 272 g/mol. The monoisotopic (exact) mass is 290 g/mol. The van der Waals surface area contributed by atoms with E-state index in [0.717, 1.165) is 24.0 Å². The molecule has 4 heteroatoms. The van der Waals surface area contributed by atoms with Gasteiger partial charge in [-0.3, -0.25) is 0 Å². The molecule has 0 bridgehead atoms. The molecule has 2 heterocycles. The molecular formula is C16H19ClN2O. The number of aromatic nitrogens is 1. The summed E-state index contributed by atoms with van der Waals surface area (Å²) in [6, 6.07) is 6.50. The fraction of sp³-hybridized carbons (Fsp3) is 0.438. The van der Waals surface area contributed by atoms with Gasteiger partial charge in [0, 0.05) is 23.8 Å². The number of pyridine rings is 1. The number of aliphatic hydroxyl groups excluding tert-OH is 1. The van der Waals surface area contributed by atoms with E-state index in [1.54, 1.807) is 0 Å². The van der Waals surface area contributed by atoms with Gasteiger partial charge in [-0.05, 0) is 35.4 Å². The minimum atomic E-state index is 0.203. The number of aliphatic hydroxyl groups is 1. The maximum atomic E-state index is 9.40. The Kier molecular flexibility index (Phi) is 3.57. The summed E-state index contributed by atoms with van der Waals surface area (Å²) in [5.41, 5.74) is 2.44. The van der Waals surface area contributed by atoms with Gasteiger partial charge in [0.15, 0.2) is 0 Å². The summed E-state index contributed by atoms with van der Waals surface area (Å²) in [6.07, 6.45) is 2.90. The van der Waals surface area contributed by atoms with Gasteiger partial charge in [0.2, 0.25) is 0 Å². The molecule has 3 nitrogen and oxygen atoms in total. The summed E-state index contributed by atoms with van der Waals surface area (Å²) in [6.45, 7) is 5.56. The van der Waals surface area contributed by atoms with Crippen LogP contribution < -0.4 is 4.90 Å². The highest BCUT2D eigenvalue weighted by Crippen LogP contribution is 2.37. The fourth-order valence-electron chi connectivity index (χ4n) is 2.92. The highest BCUT2D eigenvalue weighted by atomic mass is 35.5. The van der Waals surface area contributed by atoms with Gasteiger partial charge in [-0.25, -0.2) is 4.98 Å². The van der Waals surface area contributed by atoms with Crippen molar-refractivity contribution in [3.8, 4) is 0 Å². The topological polar surface area (TPSA) is 36.4 Å². The van der Waals surface area contributed by atoms with E-state index in [9.17, 15) is 5.11 Å². The second-order valence-electron chi connectivity index (χ2n) is 5.70. The molecule has 1 saturated heterocycles. The average molecular weight is 291 g/mol. The summed E-state index contributed by atoms with van der Waals surface area (Å²) in [4.78, 5) is 6.49. The molecule has 1 aromatic carbocycles. The molecule has 1 N–H and O–H groups in total. The Morgan fingerprint density at radius 1 is 1.40 bits per heavy atom. The van der Waals surface area contributed by atoms with Crippen molar-refractivity contribution in [3.63, 3.8) is 0 Å². The first-order valence-electron chi connectivity index (χ1n) is 7.07. The molecule has 0 aliphatic carbocycles. The van der Waals surface area contributed by atoms with Crippen molar-refractivity contribution in [1.29, 1.82) is 0 Å². The number of rotatable bonds is 3. The molecule has 1 aliphatic rings. The molecule has 1 fully saturated rings. The molecule has 0 unspecified atom stereocenters. The molecule has 20 heavy (non-hydrogen) atoms. The normalized spacial score (nSPS) is 18.6. The van der Waals surface area contributed by atoms with Gasteiger partial charge in [0.1, 0.15) is 5.15 Å². The zero-order valence-corrected chi connectivity index (χ0v) is 12.6. The Hall–Kier alpha value is -1.32. The summed E-state index contributed by atoms with van der Waals surface area (Å²) in [5.74, 6) is 0.440. The lowest BCUT2D eigenvalue weighted by atomic mass is 9.94. The van der Waals surface area contributed by atoms with Crippen LogP contribution in [0.5, 0.6) is 0 Å². The number of anilines is 1. The molecule has 2 aromatic rings. The van der Waals surface area contributed by atoms with E-state index in [2.05, 4.69) is 35.9 Å². The molecule has 0 radical (unpaired) electrons. The molecule has 1 aromatic heterocycles. The summed E-state index contributed by atoms with van der Waals surface area (Å²) >= 11 is 6.07. The van der Waals surface area contributed by atoms with Crippen LogP contribution in [0, 0.1) is 0 Å². The van der Waals surface area contributed by atoms with E-state index in [0.29, 0.717) is 11.1 Å². The van der Waals surface area contributed by atoms with E-state index in [1.807, 2.05) is 12.3 Å². The van der Waals surface area contributed by atoms with Crippen LogP contribution in [0.25, 0.3) is 10.8 Å². The largest absolute Gasteiger partial charge is 0.394 e. The smallest absolute Gasteiger partial charge is 0.129 e. The van der Waals surface area contributed by atoms with Crippen molar-refractivity contribution in [2.75, 3.05) is 18.1 Å². The van der Waals surface area contributed by atoms with Crippen molar-refractivity contribution in [3.05, 3.63) is 35.1 Å². The van der Waals surface area contributed by atoms with Gasteiger partial charge in [0.05, 0.1) is 12.6 Å². The van der Waals surface area contributed by atoms with E-state index in [1.165, 1.54) is 10.9 Å². The second kappa shape index (κ2) is 5.23.